The van der Waals surface area contributed by atoms with Gasteiger partial charge < -0.3 is 4.90 Å². The lowest BCUT2D eigenvalue weighted by Crippen LogP contribution is -2.29. The maximum Gasteiger partial charge on any atom is 0.258 e. The molecule has 0 atom stereocenters. The Balaban J connectivity index is 1.73. The number of hydrogen-bond acceptors (Lipinski definition) is 3. The number of benzene rings is 2. The summed E-state index contributed by atoms with van der Waals surface area (Å²) in [6, 6.07) is 14.0. The third-order valence-electron chi connectivity index (χ3n) is 4.56. The molecule has 0 saturated heterocycles. The monoisotopic (exact) mass is 372 g/mol. The summed E-state index contributed by atoms with van der Waals surface area (Å²) in [4.78, 5) is 14.7. The van der Waals surface area contributed by atoms with Crippen LogP contribution in [0.15, 0.2) is 53.4 Å². The number of carbonyl (C=O) groups excluding carboxylic acids is 1. The Morgan fingerprint density at radius 3 is 2.50 bits per heavy atom. The first-order valence-electron chi connectivity index (χ1n) is 8.88. The Hall–Kier alpha value is -2.18. The molecule has 0 aliphatic carbocycles. The molecule has 2 aromatic carbocycles. The molecule has 138 valence electrons. The van der Waals surface area contributed by atoms with E-state index in [4.69, 9.17) is 0 Å². The highest BCUT2D eigenvalue weighted by atomic mass is 32.2. The van der Waals surface area contributed by atoms with Crippen LogP contribution in [-0.2, 0) is 16.4 Å². The van der Waals surface area contributed by atoms with Crippen LogP contribution >= 0.6 is 0 Å². The van der Waals surface area contributed by atoms with Crippen LogP contribution in [0.4, 0.5) is 5.69 Å². The topological polar surface area (TPSA) is 66.5 Å². The van der Waals surface area contributed by atoms with Gasteiger partial charge >= 0.3 is 0 Å². The van der Waals surface area contributed by atoms with Gasteiger partial charge in [-0.25, -0.2) is 13.1 Å². The average molecular weight is 372 g/mol. The molecule has 3 rings (SSSR count). The van der Waals surface area contributed by atoms with Gasteiger partial charge in [0.05, 0.1) is 4.90 Å². The smallest absolute Gasteiger partial charge is 0.258 e. The van der Waals surface area contributed by atoms with E-state index in [1.54, 1.807) is 17.0 Å². The molecule has 0 fully saturated rings. The summed E-state index contributed by atoms with van der Waals surface area (Å²) in [6.45, 7) is 5.15. The maximum atomic E-state index is 12.8. The molecule has 0 aromatic heterocycles. The summed E-state index contributed by atoms with van der Waals surface area (Å²) in [5.41, 5.74) is 2.58. The molecule has 0 unspecified atom stereocenters. The highest BCUT2D eigenvalue weighted by Gasteiger charge is 2.25. The van der Waals surface area contributed by atoms with Crippen LogP contribution in [0.5, 0.6) is 0 Å². The van der Waals surface area contributed by atoms with Crippen molar-refractivity contribution in [2.75, 3.05) is 18.0 Å². The predicted octanol–water partition coefficient (Wildman–Crippen LogP) is 3.21. The first-order chi connectivity index (χ1) is 12.4. The van der Waals surface area contributed by atoms with Gasteiger partial charge in [0.1, 0.15) is 0 Å². The molecule has 1 aliphatic heterocycles. The minimum atomic E-state index is -3.54. The van der Waals surface area contributed by atoms with Gasteiger partial charge in [-0.3, -0.25) is 4.79 Å². The number of rotatable bonds is 6. The zero-order chi connectivity index (χ0) is 18.7. The van der Waals surface area contributed by atoms with Crippen LogP contribution in [0.2, 0.25) is 0 Å². The van der Waals surface area contributed by atoms with E-state index in [2.05, 4.69) is 4.72 Å². The standard InChI is InChI=1S/C20H24N2O3S/c1-15(2)11-13-21-26(24,25)18-9-7-17(8-10-18)20(23)22-14-12-16-5-3-4-6-19(16)22/h3-10,15,21H,11-14H2,1-2H3. The van der Waals surface area contributed by atoms with Crippen molar-refractivity contribution < 1.29 is 13.2 Å². The molecular weight excluding hydrogens is 348 g/mol. The van der Waals surface area contributed by atoms with Crippen molar-refractivity contribution in [1.82, 2.24) is 4.72 Å². The van der Waals surface area contributed by atoms with E-state index in [1.165, 1.54) is 12.1 Å². The van der Waals surface area contributed by atoms with Gasteiger partial charge in [0.15, 0.2) is 0 Å². The Labute approximate surface area is 155 Å². The van der Waals surface area contributed by atoms with Gasteiger partial charge in [0.25, 0.3) is 5.91 Å². The van der Waals surface area contributed by atoms with Crippen molar-refractivity contribution in [2.24, 2.45) is 5.92 Å². The molecule has 5 nitrogen and oxygen atoms in total. The second-order valence-electron chi connectivity index (χ2n) is 6.94. The molecule has 2 aromatic rings. The molecule has 0 saturated carbocycles. The normalized spacial score (nSPS) is 13.9. The molecule has 0 radical (unpaired) electrons. The number of para-hydroxylation sites is 1. The largest absolute Gasteiger partial charge is 0.308 e. The van der Waals surface area contributed by atoms with Gasteiger partial charge in [-0.05, 0) is 54.7 Å². The summed E-state index contributed by atoms with van der Waals surface area (Å²) in [5.74, 6) is 0.327. The van der Waals surface area contributed by atoms with Crippen LogP contribution in [0.3, 0.4) is 0 Å². The SMILES string of the molecule is CC(C)CCNS(=O)(=O)c1ccc(C(=O)N2CCc3ccccc32)cc1. The molecule has 1 amide bonds. The van der Waals surface area contributed by atoms with E-state index in [-0.39, 0.29) is 10.8 Å². The number of fused-ring (bicyclic) bond motifs is 1. The predicted molar refractivity (Wildman–Crippen MR) is 103 cm³/mol. The Bertz CT molecular complexity index is 890. The molecule has 1 N–H and O–H groups in total. The van der Waals surface area contributed by atoms with Crippen LogP contribution in [0.1, 0.15) is 36.2 Å². The Kier molecular flexibility index (Phi) is 5.44. The lowest BCUT2D eigenvalue weighted by molar-refractivity contribution is 0.0989. The fraction of sp³-hybridized carbons (Fsp3) is 0.350. The van der Waals surface area contributed by atoms with E-state index in [1.807, 2.05) is 38.1 Å². The van der Waals surface area contributed by atoms with Crippen LogP contribution < -0.4 is 9.62 Å². The number of carbonyl (C=O) groups is 1. The third kappa shape index (κ3) is 3.97. The van der Waals surface area contributed by atoms with E-state index >= 15 is 0 Å². The van der Waals surface area contributed by atoms with Gasteiger partial charge in [-0.1, -0.05) is 32.0 Å². The molecule has 0 spiro atoms. The summed E-state index contributed by atoms with van der Waals surface area (Å²) >= 11 is 0. The second-order valence-corrected chi connectivity index (χ2v) is 8.71. The van der Waals surface area contributed by atoms with E-state index in [9.17, 15) is 13.2 Å². The van der Waals surface area contributed by atoms with Crippen molar-refractivity contribution >= 4 is 21.6 Å². The van der Waals surface area contributed by atoms with Crippen molar-refractivity contribution in [3.05, 3.63) is 59.7 Å². The fourth-order valence-electron chi connectivity index (χ4n) is 3.05. The number of nitrogens with zero attached hydrogens (tertiary/aromatic N) is 1. The summed E-state index contributed by atoms with van der Waals surface area (Å²) in [5, 5.41) is 0. The Morgan fingerprint density at radius 2 is 1.81 bits per heavy atom. The first kappa shape index (κ1) is 18.6. The summed E-state index contributed by atoms with van der Waals surface area (Å²) in [7, 11) is -3.54. The number of hydrogen-bond donors (Lipinski definition) is 1. The zero-order valence-corrected chi connectivity index (χ0v) is 15.9. The summed E-state index contributed by atoms with van der Waals surface area (Å²) in [6.07, 6.45) is 1.62. The van der Waals surface area contributed by atoms with E-state index in [0.717, 1.165) is 24.1 Å². The number of amides is 1. The first-order valence-corrected chi connectivity index (χ1v) is 10.4. The molecule has 1 heterocycles. The second kappa shape index (κ2) is 7.60. The van der Waals surface area contributed by atoms with Gasteiger partial charge in [0.2, 0.25) is 10.0 Å². The minimum absolute atomic E-state index is 0.105. The van der Waals surface area contributed by atoms with Crippen LogP contribution in [0, 0.1) is 5.92 Å². The molecular formula is C20H24N2O3S. The summed E-state index contributed by atoms with van der Waals surface area (Å²) < 4.78 is 27.2. The van der Waals surface area contributed by atoms with Gasteiger partial charge in [-0.2, -0.15) is 0 Å². The average Bonchev–Trinajstić information content (AvgIpc) is 3.05. The number of sulfonamides is 1. The van der Waals surface area contributed by atoms with E-state index in [0.29, 0.717) is 24.6 Å². The molecule has 1 aliphatic rings. The molecule has 0 bridgehead atoms. The minimum Gasteiger partial charge on any atom is -0.308 e. The van der Waals surface area contributed by atoms with Crippen molar-refractivity contribution in [3.8, 4) is 0 Å². The number of nitrogens with one attached hydrogen (secondary N) is 1. The lowest BCUT2D eigenvalue weighted by Gasteiger charge is -2.17. The fourth-order valence-corrected chi connectivity index (χ4v) is 4.09. The number of anilines is 1. The van der Waals surface area contributed by atoms with Crippen LogP contribution in [-0.4, -0.2) is 27.4 Å². The Morgan fingerprint density at radius 1 is 1.12 bits per heavy atom. The van der Waals surface area contributed by atoms with E-state index < -0.39 is 10.0 Å². The third-order valence-corrected chi connectivity index (χ3v) is 6.03. The zero-order valence-electron chi connectivity index (χ0n) is 15.1. The van der Waals surface area contributed by atoms with Gasteiger partial charge in [0, 0.05) is 24.3 Å². The highest BCUT2D eigenvalue weighted by molar-refractivity contribution is 7.89. The van der Waals surface area contributed by atoms with Crippen molar-refractivity contribution in [2.45, 2.75) is 31.6 Å². The quantitative estimate of drug-likeness (QED) is 0.847. The van der Waals surface area contributed by atoms with Crippen LogP contribution in [0.25, 0.3) is 0 Å². The lowest BCUT2D eigenvalue weighted by atomic mass is 10.1. The van der Waals surface area contributed by atoms with Crippen molar-refractivity contribution in [1.29, 1.82) is 0 Å². The molecule has 26 heavy (non-hydrogen) atoms. The van der Waals surface area contributed by atoms with Crippen molar-refractivity contribution in [3.63, 3.8) is 0 Å². The van der Waals surface area contributed by atoms with Gasteiger partial charge in [-0.15, -0.1) is 0 Å². The molecule has 6 heteroatoms. The maximum absolute atomic E-state index is 12.8. The highest BCUT2D eigenvalue weighted by Crippen LogP contribution is 2.29.